The van der Waals surface area contributed by atoms with Crippen molar-refractivity contribution in [3.63, 3.8) is 0 Å². The van der Waals surface area contributed by atoms with Crippen molar-refractivity contribution in [3.8, 4) is 5.75 Å². The molecule has 3 amide bonds. The standard InChI is InChI=1S/C28H25ClN2O5/c1-14-3-6-19(12-21(14)29)30-13-18(11-23(30)32)28(35)36-20-7-8-22(15(2)9-20)31-26(33)24-16-4-5-17(10-16)25(24)27(31)34/h3-9,12,16-18,24-25H,10-11,13H2,1-2H3/t16-,17-,18-,24-,25+/m0/s1. The molecule has 2 aliphatic heterocycles. The van der Waals surface area contributed by atoms with E-state index in [1.54, 1.807) is 36.1 Å². The molecule has 3 fully saturated rings. The minimum Gasteiger partial charge on any atom is -0.426 e. The Hall–Kier alpha value is -3.45. The predicted octanol–water partition coefficient (Wildman–Crippen LogP) is 4.23. The van der Waals surface area contributed by atoms with E-state index in [1.165, 1.54) is 4.90 Å². The number of carbonyl (C=O) groups excluding carboxylic acids is 4. The normalized spacial score (nSPS) is 28.4. The van der Waals surface area contributed by atoms with E-state index in [4.69, 9.17) is 16.3 Å². The number of amides is 3. The van der Waals surface area contributed by atoms with Gasteiger partial charge in [-0.25, -0.2) is 4.90 Å². The number of allylic oxidation sites excluding steroid dienone is 2. The van der Waals surface area contributed by atoms with Crippen LogP contribution in [-0.2, 0) is 19.2 Å². The number of hydrogen-bond donors (Lipinski definition) is 0. The first-order valence-electron chi connectivity index (χ1n) is 12.2. The van der Waals surface area contributed by atoms with Crippen LogP contribution in [0.2, 0.25) is 5.02 Å². The Morgan fingerprint density at radius 2 is 1.64 bits per heavy atom. The van der Waals surface area contributed by atoms with Crippen LogP contribution in [-0.4, -0.2) is 30.2 Å². The summed E-state index contributed by atoms with van der Waals surface area (Å²) in [4.78, 5) is 54.6. The van der Waals surface area contributed by atoms with Crippen LogP contribution in [0.15, 0.2) is 48.6 Å². The van der Waals surface area contributed by atoms with Crippen molar-refractivity contribution < 1.29 is 23.9 Å². The smallest absolute Gasteiger partial charge is 0.316 e. The average Bonchev–Trinajstić information content (AvgIpc) is 3.60. The summed E-state index contributed by atoms with van der Waals surface area (Å²) in [6.07, 6.45) is 5.07. The fourth-order valence-corrected chi connectivity index (χ4v) is 6.32. The lowest BCUT2D eigenvalue weighted by molar-refractivity contribution is -0.139. The van der Waals surface area contributed by atoms with Crippen molar-refractivity contribution in [3.05, 3.63) is 64.7 Å². The topological polar surface area (TPSA) is 84.0 Å². The molecule has 5 atom stereocenters. The molecule has 0 spiro atoms. The summed E-state index contributed by atoms with van der Waals surface area (Å²) in [6, 6.07) is 10.3. The second-order valence-electron chi connectivity index (χ2n) is 10.2. The Kier molecular flexibility index (Phi) is 5.30. The second kappa shape index (κ2) is 8.30. The van der Waals surface area contributed by atoms with E-state index in [2.05, 4.69) is 12.2 Å². The lowest BCUT2D eigenvalue weighted by Gasteiger charge is -2.20. The van der Waals surface area contributed by atoms with E-state index >= 15 is 0 Å². The number of nitrogens with zero attached hydrogens (tertiary/aromatic N) is 2. The van der Waals surface area contributed by atoms with Gasteiger partial charge in [0, 0.05) is 23.7 Å². The molecule has 2 saturated heterocycles. The third-order valence-electron chi connectivity index (χ3n) is 8.02. The Balaban J connectivity index is 1.15. The van der Waals surface area contributed by atoms with Crippen LogP contribution in [0.1, 0.15) is 24.0 Å². The summed E-state index contributed by atoms with van der Waals surface area (Å²) < 4.78 is 5.60. The van der Waals surface area contributed by atoms with Gasteiger partial charge in [-0.05, 0) is 73.6 Å². The average molecular weight is 505 g/mol. The summed E-state index contributed by atoms with van der Waals surface area (Å²) in [5, 5.41) is 0.560. The molecule has 184 valence electrons. The van der Waals surface area contributed by atoms with Crippen molar-refractivity contribution in [2.45, 2.75) is 26.7 Å². The fraction of sp³-hybridized carbons (Fsp3) is 0.357. The van der Waals surface area contributed by atoms with Crippen molar-refractivity contribution in [2.24, 2.45) is 29.6 Å². The van der Waals surface area contributed by atoms with Gasteiger partial charge in [-0.1, -0.05) is 29.8 Å². The minimum atomic E-state index is -0.610. The summed E-state index contributed by atoms with van der Waals surface area (Å²) in [5.74, 6) is -1.49. The van der Waals surface area contributed by atoms with Crippen molar-refractivity contribution >= 4 is 46.7 Å². The number of fused-ring (bicyclic) bond motifs is 5. The number of aryl methyl sites for hydroxylation is 2. The number of carbonyl (C=O) groups is 4. The van der Waals surface area contributed by atoms with Crippen molar-refractivity contribution in [1.82, 2.24) is 0 Å². The summed E-state index contributed by atoms with van der Waals surface area (Å²) in [6.45, 7) is 3.88. The predicted molar refractivity (Wildman–Crippen MR) is 134 cm³/mol. The van der Waals surface area contributed by atoms with Gasteiger partial charge in [0.15, 0.2) is 0 Å². The summed E-state index contributed by atoms with van der Waals surface area (Å²) in [7, 11) is 0. The number of esters is 1. The number of imide groups is 1. The molecule has 0 unspecified atom stereocenters. The SMILES string of the molecule is Cc1ccc(N2C[C@@H](C(=O)Oc3ccc(N4C(=O)[C@@H]5[C@H](C4=O)[C@H]4C=C[C@H]5C4)c(C)c3)CC2=O)cc1Cl. The molecule has 2 aromatic rings. The maximum Gasteiger partial charge on any atom is 0.316 e. The molecular formula is C28H25ClN2O5. The van der Waals surface area contributed by atoms with Crippen LogP contribution >= 0.6 is 11.6 Å². The Morgan fingerprint density at radius 3 is 2.28 bits per heavy atom. The van der Waals surface area contributed by atoms with Gasteiger partial charge in [0.25, 0.3) is 0 Å². The maximum atomic E-state index is 13.1. The molecule has 8 heteroatoms. The third-order valence-corrected chi connectivity index (χ3v) is 8.43. The van der Waals surface area contributed by atoms with Crippen LogP contribution in [0.25, 0.3) is 0 Å². The van der Waals surface area contributed by atoms with Gasteiger partial charge in [-0.2, -0.15) is 0 Å². The van der Waals surface area contributed by atoms with Gasteiger partial charge in [-0.15, -0.1) is 0 Å². The van der Waals surface area contributed by atoms with Gasteiger partial charge >= 0.3 is 5.97 Å². The highest BCUT2D eigenvalue weighted by atomic mass is 35.5. The number of hydrogen-bond acceptors (Lipinski definition) is 5. The highest BCUT2D eigenvalue weighted by molar-refractivity contribution is 6.31. The number of rotatable bonds is 4. The van der Waals surface area contributed by atoms with E-state index in [0.29, 0.717) is 27.7 Å². The second-order valence-corrected chi connectivity index (χ2v) is 10.6. The van der Waals surface area contributed by atoms with Gasteiger partial charge in [-0.3, -0.25) is 19.2 Å². The van der Waals surface area contributed by atoms with Gasteiger partial charge in [0.2, 0.25) is 17.7 Å². The molecule has 6 rings (SSSR count). The van der Waals surface area contributed by atoms with Gasteiger partial charge in [0.05, 0.1) is 23.4 Å². The lowest BCUT2D eigenvalue weighted by atomic mass is 9.85. The molecule has 7 nitrogen and oxygen atoms in total. The van der Waals surface area contributed by atoms with Crippen LogP contribution in [0.4, 0.5) is 11.4 Å². The number of ether oxygens (including phenoxy) is 1. The molecule has 36 heavy (non-hydrogen) atoms. The maximum absolute atomic E-state index is 13.1. The molecule has 2 heterocycles. The molecule has 0 radical (unpaired) electrons. The molecule has 0 N–H and O–H groups in total. The lowest BCUT2D eigenvalue weighted by Crippen LogP contribution is -2.33. The number of halogens is 1. The van der Waals surface area contributed by atoms with Crippen LogP contribution in [0, 0.1) is 43.4 Å². The molecule has 2 aromatic carbocycles. The Labute approximate surface area is 213 Å². The first-order chi connectivity index (χ1) is 17.2. The molecule has 2 bridgehead atoms. The Morgan fingerprint density at radius 1 is 0.944 bits per heavy atom. The summed E-state index contributed by atoms with van der Waals surface area (Å²) in [5.41, 5.74) is 2.75. The van der Waals surface area contributed by atoms with Gasteiger partial charge in [0.1, 0.15) is 5.75 Å². The summed E-state index contributed by atoms with van der Waals surface area (Å²) >= 11 is 6.21. The van der Waals surface area contributed by atoms with E-state index in [-0.39, 0.29) is 54.4 Å². The zero-order valence-corrected chi connectivity index (χ0v) is 20.7. The van der Waals surface area contributed by atoms with E-state index in [9.17, 15) is 19.2 Å². The van der Waals surface area contributed by atoms with Gasteiger partial charge < -0.3 is 9.64 Å². The molecule has 1 saturated carbocycles. The zero-order valence-electron chi connectivity index (χ0n) is 19.9. The minimum absolute atomic E-state index is 0.0529. The first-order valence-corrected chi connectivity index (χ1v) is 12.6. The molecule has 0 aromatic heterocycles. The van der Waals surface area contributed by atoms with E-state index in [1.807, 2.05) is 19.1 Å². The fourth-order valence-electron chi connectivity index (χ4n) is 6.15. The molecule has 4 aliphatic rings. The zero-order chi connectivity index (χ0) is 25.3. The highest BCUT2D eigenvalue weighted by Gasteiger charge is 2.59. The number of anilines is 2. The third kappa shape index (κ3) is 3.48. The van der Waals surface area contributed by atoms with Crippen molar-refractivity contribution in [1.29, 1.82) is 0 Å². The highest BCUT2D eigenvalue weighted by Crippen LogP contribution is 2.53. The first kappa shape index (κ1) is 23.0. The molecular weight excluding hydrogens is 480 g/mol. The largest absolute Gasteiger partial charge is 0.426 e. The molecule has 2 aliphatic carbocycles. The van der Waals surface area contributed by atoms with Crippen molar-refractivity contribution in [2.75, 3.05) is 16.3 Å². The Bertz CT molecular complexity index is 1340. The number of benzene rings is 2. The van der Waals surface area contributed by atoms with Crippen LogP contribution in [0.5, 0.6) is 5.75 Å². The quantitative estimate of drug-likeness (QED) is 0.269. The van der Waals surface area contributed by atoms with E-state index < -0.39 is 11.9 Å². The van der Waals surface area contributed by atoms with Crippen LogP contribution < -0.4 is 14.5 Å². The monoisotopic (exact) mass is 504 g/mol. The van der Waals surface area contributed by atoms with E-state index in [0.717, 1.165) is 12.0 Å². The van der Waals surface area contributed by atoms with Crippen LogP contribution in [0.3, 0.4) is 0 Å².